The number of ether oxygens (including phenoxy) is 5. The second kappa shape index (κ2) is 17.0. The molecule has 1 saturated heterocycles. The third-order valence-electron chi connectivity index (χ3n) is 8.13. The number of carbonyl (C=O) groups excluding carboxylic acids is 4. The van der Waals surface area contributed by atoms with Crippen LogP contribution in [-0.4, -0.2) is 61.1 Å². The highest BCUT2D eigenvalue weighted by Gasteiger charge is 2.52. The van der Waals surface area contributed by atoms with Gasteiger partial charge in [0.05, 0.1) is 23.3 Å². The van der Waals surface area contributed by atoms with Crippen molar-refractivity contribution in [3.05, 3.63) is 179 Å². The van der Waals surface area contributed by atoms with Gasteiger partial charge in [0, 0.05) is 5.56 Å². The van der Waals surface area contributed by atoms with Crippen molar-refractivity contribution >= 4 is 23.8 Å². The molecule has 0 aromatic heterocycles. The summed E-state index contributed by atoms with van der Waals surface area (Å²) < 4.78 is 30.6. The Balaban J connectivity index is 1.39. The molecule has 258 valence electrons. The molecule has 1 heterocycles. The summed E-state index contributed by atoms with van der Waals surface area (Å²) in [5, 5.41) is 2.92. The molecule has 10 heteroatoms. The van der Waals surface area contributed by atoms with Crippen molar-refractivity contribution in [2.45, 2.75) is 37.3 Å². The van der Waals surface area contributed by atoms with Crippen LogP contribution >= 0.6 is 0 Å². The third-order valence-corrected chi connectivity index (χ3v) is 8.13. The van der Waals surface area contributed by atoms with Gasteiger partial charge in [0.15, 0.2) is 18.5 Å². The minimum absolute atomic E-state index is 0.0492. The van der Waals surface area contributed by atoms with Crippen LogP contribution in [0, 0.1) is 0 Å². The first kappa shape index (κ1) is 34.8. The largest absolute Gasteiger partial charge is 0.459 e. The fraction of sp³-hybridized carbons (Fsp3) is 0.171. The summed E-state index contributed by atoms with van der Waals surface area (Å²) in [5.41, 5.74) is 1.86. The summed E-state index contributed by atoms with van der Waals surface area (Å²) in [6, 6.07) is 41.4. The Labute approximate surface area is 294 Å². The molecule has 1 N–H and O–H groups in total. The van der Waals surface area contributed by atoms with E-state index in [1.54, 1.807) is 121 Å². The van der Waals surface area contributed by atoms with Gasteiger partial charge < -0.3 is 29.0 Å². The molecular formula is C41H35NO9. The molecule has 5 atom stereocenters. The summed E-state index contributed by atoms with van der Waals surface area (Å²) >= 11 is 0. The molecule has 0 aliphatic carbocycles. The molecule has 6 rings (SSSR count). The van der Waals surface area contributed by atoms with E-state index in [9.17, 15) is 19.2 Å². The van der Waals surface area contributed by atoms with Gasteiger partial charge >= 0.3 is 17.9 Å². The first-order chi connectivity index (χ1) is 25.0. The molecule has 0 saturated carbocycles. The topological polar surface area (TPSA) is 126 Å². The van der Waals surface area contributed by atoms with E-state index in [1.165, 1.54) is 0 Å². The monoisotopic (exact) mass is 685 g/mol. The number of benzene rings is 5. The van der Waals surface area contributed by atoms with Crippen molar-refractivity contribution in [2.24, 2.45) is 0 Å². The van der Waals surface area contributed by atoms with E-state index in [1.807, 2.05) is 30.3 Å². The zero-order chi connectivity index (χ0) is 35.4. The highest BCUT2D eigenvalue weighted by atomic mass is 16.7. The first-order valence-electron chi connectivity index (χ1n) is 16.4. The normalized spacial score (nSPS) is 19.6. The number of hydrogen-bond acceptors (Lipinski definition) is 9. The van der Waals surface area contributed by atoms with Crippen LogP contribution in [0.15, 0.2) is 152 Å². The predicted molar refractivity (Wildman–Crippen MR) is 186 cm³/mol. The molecule has 0 unspecified atom stereocenters. The van der Waals surface area contributed by atoms with E-state index < -0.39 is 61.1 Å². The van der Waals surface area contributed by atoms with Gasteiger partial charge in [-0.3, -0.25) is 4.79 Å². The van der Waals surface area contributed by atoms with Crippen LogP contribution in [-0.2, 0) is 30.3 Å². The minimum atomic E-state index is -1.38. The van der Waals surface area contributed by atoms with Crippen molar-refractivity contribution < 1.29 is 42.9 Å². The average molecular weight is 686 g/mol. The number of hydrogen-bond donors (Lipinski definition) is 1. The number of amides is 1. The summed E-state index contributed by atoms with van der Waals surface area (Å²) in [7, 11) is 0. The van der Waals surface area contributed by atoms with Crippen molar-refractivity contribution in [3.8, 4) is 0 Å². The van der Waals surface area contributed by atoms with Crippen LogP contribution in [0.3, 0.4) is 0 Å². The number of nitrogens with one attached hydrogen (secondary N) is 1. The second-order valence-electron chi connectivity index (χ2n) is 11.6. The molecule has 1 fully saturated rings. The Kier molecular flexibility index (Phi) is 11.6. The van der Waals surface area contributed by atoms with E-state index in [0.29, 0.717) is 11.1 Å². The highest BCUT2D eigenvalue weighted by molar-refractivity contribution is 5.94. The zero-order valence-electron chi connectivity index (χ0n) is 27.4. The van der Waals surface area contributed by atoms with Crippen molar-refractivity contribution in [1.82, 2.24) is 5.32 Å². The molecule has 0 spiro atoms. The maximum absolute atomic E-state index is 13.7. The van der Waals surface area contributed by atoms with Crippen LogP contribution < -0.4 is 5.32 Å². The average Bonchev–Trinajstić information content (AvgIpc) is 3.19. The molecular weight excluding hydrogens is 650 g/mol. The van der Waals surface area contributed by atoms with Crippen molar-refractivity contribution in [1.29, 1.82) is 0 Å². The second-order valence-corrected chi connectivity index (χ2v) is 11.6. The van der Waals surface area contributed by atoms with E-state index >= 15 is 0 Å². The number of carbonyl (C=O) groups is 4. The molecule has 1 aliphatic heterocycles. The molecule has 0 radical (unpaired) electrons. The predicted octanol–water partition coefficient (Wildman–Crippen LogP) is 6.03. The standard InChI is InChI=1S/C41H35NO9/c43-37(29-18-8-2-9-19-29)42-34-36(51-40(46)32-24-14-5-15-25-32)35(50-39(45)31-22-12-4-13-23-31)33(27-47-38(44)30-20-10-3-11-21-30)49-41(34)48-26-28-16-6-1-7-17-28/h1-25,33-36,41H,26-27H2,(H,42,43)/t33-,34-,35-,36-,41+/m1/s1. The molecule has 5 aromatic carbocycles. The first-order valence-corrected chi connectivity index (χ1v) is 16.4. The molecule has 10 nitrogen and oxygen atoms in total. The maximum atomic E-state index is 13.7. The fourth-order valence-corrected chi connectivity index (χ4v) is 5.54. The summed E-state index contributed by atoms with van der Waals surface area (Å²) in [5.74, 6) is -2.66. The Morgan fingerprint density at radius 3 is 1.47 bits per heavy atom. The van der Waals surface area contributed by atoms with Crippen LogP contribution in [0.5, 0.6) is 0 Å². The van der Waals surface area contributed by atoms with E-state index in [0.717, 1.165) is 5.56 Å². The van der Waals surface area contributed by atoms with Gasteiger partial charge in [-0.15, -0.1) is 0 Å². The minimum Gasteiger partial charge on any atom is -0.459 e. The summed E-state index contributed by atoms with van der Waals surface area (Å²) in [4.78, 5) is 54.1. The Morgan fingerprint density at radius 1 is 0.529 bits per heavy atom. The van der Waals surface area contributed by atoms with Crippen molar-refractivity contribution in [2.75, 3.05) is 6.61 Å². The van der Waals surface area contributed by atoms with Crippen LogP contribution in [0.25, 0.3) is 0 Å². The van der Waals surface area contributed by atoms with E-state index in [2.05, 4.69) is 5.32 Å². The molecule has 51 heavy (non-hydrogen) atoms. The smallest absolute Gasteiger partial charge is 0.338 e. The summed E-state index contributed by atoms with van der Waals surface area (Å²) in [6.45, 7) is -0.363. The van der Waals surface area contributed by atoms with E-state index in [4.69, 9.17) is 23.7 Å². The van der Waals surface area contributed by atoms with Crippen LogP contribution in [0.4, 0.5) is 0 Å². The Morgan fingerprint density at radius 2 is 0.961 bits per heavy atom. The van der Waals surface area contributed by atoms with Crippen molar-refractivity contribution in [3.63, 3.8) is 0 Å². The Hall–Kier alpha value is -6.10. The molecule has 5 aromatic rings. The lowest BCUT2D eigenvalue weighted by Crippen LogP contribution is -2.66. The summed E-state index contributed by atoms with van der Waals surface area (Å²) in [6.07, 6.45) is -5.23. The maximum Gasteiger partial charge on any atom is 0.338 e. The lowest BCUT2D eigenvalue weighted by atomic mass is 9.95. The molecule has 1 amide bonds. The highest BCUT2D eigenvalue weighted by Crippen LogP contribution is 2.30. The SMILES string of the molecule is O=C(N[C@H]1[C@@H](OCc2ccccc2)O[C@H](COC(=O)c2ccccc2)[C@@H](OC(=O)c2ccccc2)[C@@H]1OC(=O)c1ccccc1)c1ccccc1. The van der Waals surface area contributed by atoms with Gasteiger partial charge in [-0.2, -0.15) is 0 Å². The van der Waals surface area contributed by atoms with Gasteiger partial charge in [-0.1, -0.05) is 103 Å². The number of rotatable bonds is 12. The van der Waals surface area contributed by atoms with E-state index in [-0.39, 0.29) is 17.7 Å². The van der Waals surface area contributed by atoms with Gasteiger partial charge in [-0.05, 0) is 54.1 Å². The lowest BCUT2D eigenvalue weighted by Gasteiger charge is -2.45. The fourth-order valence-electron chi connectivity index (χ4n) is 5.54. The van der Waals surface area contributed by atoms with Gasteiger partial charge in [0.2, 0.25) is 0 Å². The van der Waals surface area contributed by atoms with Gasteiger partial charge in [0.1, 0.15) is 18.8 Å². The molecule has 0 bridgehead atoms. The van der Waals surface area contributed by atoms with Crippen LogP contribution in [0.1, 0.15) is 47.0 Å². The zero-order valence-corrected chi connectivity index (χ0v) is 27.4. The Bertz CT molecular complexity index is 1890. The van der Waals surface area contributed by atoms with Gasteiger partial charge in [0.25, 0.3) is 5.91 Å². The molecule has 1 aliphatic rings. The van der Waals surface area contributed by atoms with Crippen LogP contribution in [0.2, 0.25) is 0 Å². The number of esters is 3. The van der Waals surface area contributed by atoms with Gasteiger partial charge in [-0.25, -0.2) is 14.4 Å². The third kappa shape index (κ3) is 9.13. The lowest BCUT2D eigenvalue weighted by molar-refractivity contribution is -0.271. The quantitative estimate of drug-likeness (QED) is 0.124.